The molecule has 34 heavy (non-hydrogen) atoms. The van der Waals surface area contributed by atoms with Gasteiger partial charge in [0.25, 0.3) is 0 Å². The van der Waals surface area contributed by atoms with E-state index in [1.165, 1.54) is 0 Å². The van der Waals surface area contributed by atoms with Crippen LogP contribution in [0, 0.1) is 6.92 Å². The summed E-state index contributed by atoms with van der Waals surface area (Å²) in [7, 11) is -3.89. The Labute approximate surface area is 201 Å². The molecule has 4 nitrogen and oxygen atoms in total. The van der Waals surface area contributed by atoms with E-state index in [1.807, 2.05) is 97.9 Å². The van der Waals surface area contributed by atoms with E-state index in [0.717, 1.165) is 22.3 Å². The smallest absolute Gasteiger partial charge is 0.241 e. The number of sulfonamides is 1. The fourth-order valence-corrected chi connectivity index (χ4v) is 5.31. The Hall–Kier alpha value is -3.54. The number of hydrogen-bond acceptors (Lipinski definition) is 3. The molecule has 0 heterocycles. The van der Waals surface area contributed by atoms with Crippen LogP contribution >= 0.6 is 0 Å². The van der Waals surface area contributed by atoms with Gasteiger partial charge < -0.3 is 0 Å². The number of Topliss-reactive ketones (excluding diaryl/α,β-unsaturated/α-hetero) is 1. The van der Waals surface area contributed by atoms with Crippen LogP contribution < -0.4 is 4.72 Å². The van der Waals surface area contributed by atoms with Crippen molar-refractivity contribution in [2.24, 2.45) is 0 Å². The van der Waals surface area contributed by atoms with Gasteiger partial charge in [0.1, 0.15) is 5.78 Å². The second kappa shape index (κ2) is 10.6. The van der Waals surface area contributed by atoms with Gasteiger partial charge in [0.05, 0.1) is 16.9 Å². The predicted molar refractivity (Wildman–Crippen MR) is 135 cm³/mol. The number of nitrogens with one attached hydrogen (secondary N) is 1. The first-order valence-electron chi connectivity index (χ1n) is 11.2. The summed E-state index contributed by atoms with van der Waals surface area (Å²) in [5, 5.41) is 0. The van der Waals surface area contributed by atoms with Gasteiger partial charge in [-0.05, 0) is 35.7 Å². The fraction of sp³-hybridized carbons (Fsp3) is 0.138. The number of rotatable bonds is 9. The molecule has 4 rings (SSSR count). The maximum atomic E-state index is 13.8. The molecule has 2 atom stereocenters. The number of carbonyl (C=O) groups is 1. The number of ketones is 1. The molecule has 4 aromatic rings. The highest BCUT2D eigenvalue weighted by Crippen LogP contribution is 2.34. The molecule has 0 aromatic heterocycles. The van der Waals surface area contributed by atoms with Crippen molar-refractivity contribution in [3.8, 4) is 0 Å². The maximum Gasteiger partial charge on any atom is 0.241 e. The lowest BCUT2D eigenvalue weighted by Crippen LogP contribution is -2.36. The first-order chi connectivity index (χ1) is 16.4. The largest absolute Gasteiger partial charge is 0.299 e. The van der Waals surface area contributed by atoms with E-state index in [1.54, 1.807) is 24.3 Å². The monoisotopic (exact) mass is 469 g/mol. The minimum absolute atomic E-state index is 0.0575. The molecule has 172 valence electrons. The Morgan fingerprint density at radius 2 is 1.21 bits per heavy atom. The molecular weight excluding hydrogens is 442 g/mol. The molecule has 0 saturated carbocycles. The highest BCUT2D eigenvalue weighted by molar-refractivity contribution is 7.89. The zero-order valence-corrected chi connectivity index (χ0v) is 19.8. The molecule has 0 aliphatic carbocycles. The Balaban J connectivity index is 1.78. The van der Waals surface area contributed by atoms with Gasteiger partial charge in [-0.3, -0.25) is 4.79 Å². The van der Waals surface area contributed by atoms with Crippen LogP contribution in [0.3, 0.4) is 0 Å². The van der Waals surface area contributed by atoms with E-state index in [2.05, 4.69) is 4.72 Å². The number of carbonyl (C=O) groups excluding carboxylic acids is 1. The van der Waals surface area contributed by atoms with Gasteiger partial charge in [0.15, 0.2) is 0 Å². The zero-order valence-electron chi connectivity index (χ0n) is 19.0. The molecule has 0 aliphatic heterocycles. The molecular formula is C29H27NO3S. The quantitative estimate of drug-likeness (QED) is 0.347. The first kappa shape index (κ1) is 23.6. The molecule has 0 unspecified atom stereocenters. The van der Waals surface area contributed by atoms with Gasteiger partial charge >= 0.3 is 0 Å². The van der Waals surface area contributed by atoms with Gasteiger partial charge in [-0.15, -0.1) is 0 Å². The third-order valence-electron chi connectivity index (χ3n) is 5.83. The fourth-order valence-electron chi connectivity index (χ4n) is 4.07. The minimum atomic E-state index is -3.89. The van der Waals surface area contributed by atoms with Crippen molar-refractivity contribution in [2.75, 3.05) is 0 Å². The number of benzene rings is 4. The summed E-state index contributed by atoms with van der Waals surface area (Å²) in [4.78, 5) is 13.9. The summed E-state index contributed by atoms with van der Waals surface area (Å²) in [5.74, 6) is -0.762. The van der Waals surface area contributed by atoms with E-state index in [-0.39, 0.29) is 17.1 Å². The van der Waals surface area contributed by atoms with Crippen LogP contribution in [-0.4, -0.2) is 14.2 Å². The van der Waals surface area contributed by atoms with Gasteiger partial charge in [-0.1, -0.05) is 109 Å². The molecule has 0 aliphatic rings. The van der Waals surface area contributed by atoms with E-state index in [4.69, 9.17) is 0 Å². The standard InChI is InChI=1S/C29H27NO3S/c1-22-17-19-26(20-18-22)34(32,33)30-29(25-15-9-4-10-16-25)28(24-13-7-3-8-14-24)27(31)21-23-11-5-2-6-12-23/h2-20,28-30H,21H2,1H3/t28-,29-/m1/s1. The molecule has 0 saturated heterocycles. The second-order valence-electron chi connectivity index (χ2n) is 8.34. The van der Waals surface area contributed by atoms with E-state index in [0.29, 0.717) is 0 Å². The maximum absolute atomic E-state index is 13.8. The van der Waals surface area contributed by atoms with Crippen LogP contribution in [0.5, 0.6) is 0 Å². The topological polar surface area (TPSA) is 63.2 Å². The highest BCUT2D eigenvalue weighted by Gasteiger charge is 2.34. The third-order valence-corrected chi connectivity index (χ3v) is 7.29. The molecule has 0 fully saturated rings. The Morgan fingerprint density at radius 3 is 1.76 bits per heavy atom. The Bertz CT molecular complexity index is 1320. The Kier molecular flexibility index (Phi) is 7.36. The summed E-state index contributed by atoms with van der Waals surface area (Å²) < 4.78 is 29.7. The summed E-state index contributed by atoms with van der Waals surface area (Å²) in [6.07, 6.45) is 0.204. The van der Waals surface area contributed by atoms with Gasteiger partial charge in [0, 0.05) is 6.42 Å². The van der Waals surface area contributed by atoms with Crippen molar-refractivity contribution in [1.29, 1.82) is 0 Å². The summed E-state index contributed by atoms with van der Waals surface area (Å²) in [5.41, 5.74) is 3.36. The summed E-state index contributed by atoms with van der Waals surface area (Å²) in [6.45, 7) is 1.91. The van der Waals surface area contributed by atoms with Crippen molar-refractivity contribution in [1.82, 2.24) is 4.72 Å². The highest BCUT2D eigenvalue weighted by atomic mass is 32.2. The van der Waals surface area contributed by atoms with Crippen LogP contribution in [0.4, 0.5) is 0 Å². The Morgan fingerprint density at radius 1 is 0.706 bits per heavy atom. The van der Waals surface area contributed by atoms with Crippen LogP contribution in [-0.2, 0) is 21.2 Å². The van der Waals surface area contributed by atoms with Gasteiger partial charge in [-0.25, -0.2) is 13.1 Å². The normalized spacial score (nSPS) is 13.2. The second-order valence-corrected chi connectivity index (χ2v) is 10.1. The molecule has 0 bridgehead atoms. The number of hydrogen-bond donors (Lipinski definition) is 1. The van der Waals surface area contributed by atoms with Crippen LogP contribution in [0.2, 0.25) is 0 Å². The minimum Gasteiger partial charge on any atom is -0.299 e. The average molecular weight is 470 g/mol. The molecule has 0 spiro atoms. The molecule has 0 amide bonds. The van der Waals surface area contributed by atoms with Crippen molar-refractivity contribution >= 4 is 15.8 Å². The average Bonchev–Trinajstić information content (AvgIpc) is 2.86. The lowest BCUT2D eigenvalue weighted by molar-refractivity contribution is -0.120. The van der Waals surface area contributed by atoms with Crippen molar-refractivity contribution in [2.45, 2.75) is 30.2 Å². The van der Waals surface area contributed by atoms with Gasteiger partial charge in [0.2, 0.25) is 10.0 Å². The van der Waals surface area contributed by atoms with E-state index in [9.17, 15) is 13.2 Å². The zero-order chi connectivity index (χ0) is 24.0. The van der Waals surface area contributed by atoms with Crippen LogP contribution in [0.25, 0.3) is 0 Å². The number of aryl methyl sites for hydroxylation is 1. The summed E-state index contributed by atoms with van der Waals surface area (Å²) in [6, 6.07) is 34.1. The molecule has 0 radical (unpaired) electrons. The van der Waals surface area contributed by atoms with Crippen molar-refractivity contribution in [3.63, 3.8) is 0 Å². The predicted octanol–water partition coefficient (Wildman–Crippen LogP) is 5.61. The van der Waals surface area contributed by atoms with Crippen molar-refractivity contribution in [3.05, 3.63) is 138 Å². The molecule has 4 aromatic carbocycles. The SMILES string of the molecule is Cc1ccc(S(=O)(=O)N[C@H](c2ccccc2)[C@@H](C(=O)Cc2ccccc2)c2ccccc2)cc1. The lowest BCUT2D eigenvalue weighted by atomic mass is 9.82. The van der Waals surface area contributed by atoms with E-state index < -0.39 is 22.0 Å². The van der Waals surface area contributed by atoms with Gasteiger partial charge in [-0.2, -0.15) is 0 Å². The van der Waals surface area contributed by atoms with Crippen molar-refractivity contribution < 1.29 is 13.2 Å². The molecule has 5 heteroatoms. The van der Waals surface area contributed by atoms with E-state index >= 15 is 0 Å². The first-order valence-corrected chi connectivity index (χ1v) is 12.7. The molecule has 1 N–H and O–H groups in total. The lowest BCUT2D eigenvalue weighted by Gasteiger charge is -2.28. The van der Waals surface area contributed by atoms with Crippen LogP contribution in [0.1, 0.15) is 34.2 Å². The third kappa shape index (κ3) is 5.68. The van der Waals surface area contributed by atoms with Crippen LogP contribution in [0.15, 0.2) is 120 Å². The summed E-state index contributed by atoms with van der Waals surface area (Å²) >= 11 is 0.